The van der Waals surface area contributed by atoms with Crippen molar-refractivity contribution in [3.05, 3.63) is 93.8 Å². The molecule has 4 aromatic rings. The Kier molecular flexibility index (Phi) is 6.34. The SMILES string of the molecule is COc1ccc(-c2c(C(F)(F)F)oc3c(CN(C)Cc4ccccc4)c(O)ccc3c2=O)cc1. The van der Waals surface area contributed by atoms with Crippen LogP contribution in [0.5, 0.6) is 11.5 Å². The molecule has 0 fully saturated rings. The summed E-state index contributed by atoms with van der Waals surface area (Å²) >= 11 is 0. The molecule has 0 spiro atoms. The smallest absolute Gasteiger partial charge is 0.450 e. The molecule has 0 aliphatic rings. The van der Waals surface area contributed by atoms with E-state index in [2.05, 4.69) is 0 Å². The van der Waals surface area contributed by atoms with Crippen molar-refractivity contribution in [2.45, 2.75) is 19.3 Å². The predicted octanol–water partition coefficient (Wildman–Crippen LogP) is 5.83. The maximum atomic E-state index is 14.0. The van der Waals surface area contributed by atoms with Crippen molar-refractivity contribution in [3.63, 3.8) is 0 Å². The summed E-state index contributed by atoms with van der Waals surface area (Å²) in [5, 5.41) is 10.4. The van der Waals surface area contributed by atoms with Crippen LogP contribution in [0.3, 0.4) is 0 Å². The van der Waals surface area contributed by atoms with Crippen molar-refractivity contribution >= 4 is 11.0 Å². The molecule has 0 amide bonds. The van der Waals surface area contributed by atoms with Gasteiger partial charge >= 0.3 is 6.18 Å². The lowest BCUT2D eigenvalue weighted by Crippen LogP contribution is -2.19. The first-order valence-corrected chi connectivity index (χ1v) is 10.4. The number of benzene rings is 3. The summed E-state index contributed by atoms with van der Waals surface area (Å²) in [4.78, 5) is 15.1. The topological polar surface area (TPSA) is 62.9 Å². The Bertz CT molecular complexity index is 1360. The van der Waals surface area contributed by atoms with E-state index < -0.39 is 22.9 Å². The quantitative estimate of drug-likeness (QED) is 0.385. The number of rotatable bonds is 6. The van der Waals surface area contributed by atoms with Crippen LogP contribution in [0.15, 0.2) is 75.9 Å². The number of phenolic OH excluding ortho intramolecular Hbond substituents is 1. The van der Waals surface area contributed by atoms with Gasteiger partial charge in [0.1, 0.15) is 17.1 Å². The molecule has 0 radical (unpaired) electrons. The van der Waals surface area contributed by atoms with Gasteiger partial charge in [-0.1, -0.05) is 42.5 Å². The number of alkyl halides is 3. The van der Waals surface area contributed by atoms with Gasteiger partial charge in [-0.15, -0.1) is 0 Å². The van der Waals surface area contributed by atoms with Crippen molar-refractivity contribution in [2.24, 2.45) is 0 Å². The molecular formula is C26H22F3NO4. The highest BCUT2D eigenvalue weighted by atomic mass is 19.4. The number of fused-ring (bicyclic) bond motifs is 1. The van der Waals surface area contributed by atoms with Crippen LogP contribution in [0, 0.1) is 0 Å². The van der Waals surface area contributed by atoms with E-state index in [9.17, 15) is 23.1 Å². The van der Waals surface area contributed by atoms with E-state index in [0.29, 0.717) is 12.3 Å². The van der Waals surface area contributed by atoms with Crippen molar-refractivity contribution < 1.29 is 27.4 Å². The highest BCUT2D eigenvalue weighted by Crippen LogP contribution is 2.39. The van der Waals surface area contributed by atoms with Crippen molar-refractivity contribution in [2.75, 3.05) is 14.2 Å². The molecule has 5 nitrogen and oxygen atoms in total. The molecule has 0 unspecified atom stereocenters. The first kappa shape index (κ1) is 23.4. The van der Waals surface area contributed by atoms with Crippen molar-refractivity contribution in [3.8, 4) is 22.6 Å². The van der Waals surface area contributed by atoms with Gasteiger partial charge in [-0.25, -0.2) is 0 Å². The summed E-state index contributed by atoms with van der Waals surface area (Å²) in [5.41, 5.74) is -0.541. The minimum atomic E-state index is -4.93. The summed E-state index contributed by atoms with van der Waals surface area (Å²) in [7, 11) is 3.20. The lowest BCUT2D eigenvalue weighted by Gasteiger charge is -2.19. The van der Waals surface area contributed by atoms with Crippen molar-refractivity contribution in [1.29, 1.82) is 0 Å². The second-order valence-corrected chi connectivity index (χ2v) is 7.96. The van der Waals surface area contributed by atoms with Gasteiger partial charge in [-0.05, 0) is 42.4 Å². The number of nitrogens with zero attached hydrogens (tertiary/aromatic N) is 1. The van der Waals surface area contributed by atoms with Crippen LogP contribution in [0.25, 0.3) is 22.1 Å². The lowest BCUT2D eigenvalue weighted by molar-refractivity contribution is -0.152. The third-order valence-electron chi connectivity index (χ3n) is 5.50. The molecular weight excluding hydrogens is 447 g/mol. The van der Waals surface area contributed by atoms with Crippen LogP contribution in [0.2, 0.25) is 0 Å². The van der Waals surface area contributed by atoms with E-state index in [1.165, 1.54) is 43.5 Å². The van der Waals surface area contributed by atoms with E-state index in [4.69, 9.17) is 9.15 Å². The molecule has 0 aliphatic carbocycles. The van der Waals surface area contributed by atoms with Crippen LogP contribution < -0.4 is 10.2 Å². The Morgan fingerprint density at radius 2 is 1.65 bits per heavy atom. The molecule has 4 rings (SSSR count). The maximum absolute atomic E-state index is 14.0. The van der Waals surface area contributed by atoms with Gasteiger partial charge in [0.2, 0.25) is 11.2 Å². The standard InChI is InChI=1S/C26H22F3NO4/c1-30(14-16-6-4-3-5-7-16)15-20-21(31)13-12-19-23(32)22(17-8-10-18(33-2)11-9-17)25(26(27,28)29)34-24(19)20/h3-13,31H,14-15H2,1-2H3. The third kappa shape index (κ3) is 4.63. The van der Waals surface area contributed by atoms with Gasteiger partial charge < -0.3 is 14.3 Å². The Balaban J connectivity index is 1.86. The van der Waals surface area contributed by atoms with Crippen LogP contribution >= 0.6 is 0 Å². The molecule has 176 valence electrons. The van der Waals surface area contributed by atoms with Crippen molar-refractivity contribution in [1.82, 2.24) is 4.90 Å². The van der Waals surface area contributed by atoms with Gasteiger partial charge in [-0.3, -0.25) is 9.69 Å². The Morgan fingerprint density at radius 3 is 2.26 bits per heavy atom. The van der Waals surface area contributed by atoms with Gasteiger partial charge in [0, 0.05) is 13.1 Å². The summed E-state index contributed by atoms with van der Waals surface area (Å²) < 4.78 is 52.5. The van der Waals surface area contributed by atoms with E-state index in [0.717, 1.165) is 5.56 Å². The van der Waals surface area contributed by atoms with E-state index in [-0.39, 0.29) is 34.4 Å². The molecule has 1 N–H and O–H groups in total. The first-order chi connectivity index (χ1) is 16.2. The molecule has 0 bridgehead atoms. The van der Waals surface area contributed by atoms with Crippen LogP contribution in [0.4, 0.5) is 13.2 Å². The zero-order valence-electron chi connectivity index (χ0n) is 18.5. The fourth-order valence-electron chi connectivity index (χ4n) is 3.90. The second kappa shape index (κ2) is 9.23. The largest absolute Gasteiger partial charge is 0.507 e. The molecule has 34 heavy (non-hydrogen) atoms. The number of ether oxygens (including phenoxy) is 1. The number of phenols is 1. The molecule has 8 heteroatoms. The van der Waals surface area contributed by atoms with Gasteiger partial charge in [0.25, 0.3) is 0 Å². The summed E-state index contributed by atoms with van der Waals surface area (Å²) in [6.07, 6.45) is -4.93. The number of methoxy groups -OCH3 is 1. The summed E-state index contributed by atoms with van der Waals surface area (Å²) in [5.74, 6) is -1.22. The van der Waals surface area contributed by atoms with E-state index in [1.807, 2.05) is 35.2 Å². The van der Waals surface area contributed by atoms with Gasteiger partial charge in [0.15, 0.2) is 0 Å². The van der Waals surface area contributed by atoms with Gasteiger partial charge in [0.05, 0.1) is 23.6 Å². The maximum Gasteiger partial charge on any atom is 0.450 e. The van der Waals surface area contributed by atoms with E-state index in [1.54, 1.807) is 7.05 Å². The highest BCUT2D eigenvalue weighted by molar-refractivity contribution is 5.87. The average molecular weight is 469 g/mol. The Morgan fingerprint density at radius 1 is 0.971 bits per heavy atom. The fourth-order valence-corrected chi connectivity index (χ4v) is 3.90. The highest BCUT2D eigenvalue weighted by Gasteiger charge is 2.39. The monoisotopic (exact) mass is 469 g/mol. The molecule has 3 aromatic carbocycles. The molecule has 1 heterocycles. The molecule has 0 saturated heterocycles. The molecule has 1 aromatic heterocycles. The third-order valence-corrected chi connectivity index (χ3v) is 5.50. The zero-order chi connectivity index (χ0) is 24.5. The van der Waals surface area contributed by atoms with Gasteiger partial charge in [-0.2, -0.15) is 13.2 Å². The van der Waals surface area contributed by atoms with E-state index >= 15 is 0 Å². The normalized spacial score (nSPS) is 11.8. The first-order valence-electron chi connectivity index (χ1n) is 10.4. The Hall–Kier alpha value is -3.78. The average Bonchev–Trinajstić information content (AvgIpc) is 2.81. The van der Waals surface area contributed by atoms with Crippen LogP contribution in [0.1, 0.15) is 16.9 Å². The number of halogens is 3. The van der Waals surface area contributed by atoms with Crippen LogP contribution in [-0.2, 0) is 19.3 Å². The number of aromatic hydroxyl groups is 1. The molecule has 0 aliphatic heterocycles. The fraction of sp³-hybridized carbons (Fsp3) is 0.192. The summed E-state index contributed by atoms with van der Waals surface area (Å²) in [6, 6.07) is 17.8. The van der Waals surface area contributed by atoms with Crippen LogP contribution in [-0.4, -0.2) is 24.2 Å². The zero-order valence-corrected chi connectivity index (χ0v) is 18.5. The minimum absolute atomic E-state index is 0.0419. The predicted molar refractivity (Wildman–Crippen MR) is 123 cm³/mol. The molecule has 0 atom stereocenters. The molecule has 0 saturated carbocycles. The lowest BCUT2D eigenvalue weighted by atomic mass is 10.00. The minimum Gasteiger partial charge on any atom is -0.507 e. The summed E-state index contributed by atoms with van der Waals surface area (Å²) in [6.45, 7) is 0.553. The number of hydrogen-bond donors (Lipinski definition) is 1. The second-order valence-electron chi connectivity index (χ2n) is 7.96. The Labute approximate surface area is 193 Å². The number of hydrogen-bond acceptors (Lipinski definition) is 5.